The molecule has 1 aromatic heterocycles. The van der Waals surface area contributed by atoms with Gasteiger partial charge in [0.05, 0.1) is 6.54 Å². The number of likely N-dealkylation sites (tertiary alicyclic amines) is 2. The van der Waals surface area contributed by atoms with Gasteiger partial charge in [-0.25, -0.2) is 0 Å². The summed E-state index contributed by atoms with van der Waals surface area (Å²) in [5.41, 5.74) is 3.40. The van der Waals surface area contributed by atoms with Gasteiger partial charge in [0.25, 0.3) is 0 Å². The highest BCUT2D eigenvalue weighted by Gasteiger charge is 2.29. The van der Waals surface area contributed by atoms with Crippen LogP contribution in [0.1, 0.15) is 48.4 Å². The highest BCUT2D eigenvalue weighted by Crippen LogP contribution is 2.26. The number of hydrogen-bond acceptors (Lipinski definition) is 3. The summed E-state index contributed by atoms with van der Waals surface area (Å²) in [5.74, 6) is 0.417. The molecule has 152 valence electrons. The van der Waals surface area contributed by atoms with E-state index in [9.17, 15) is 9.59 Å². The van der Waals surface area contributed by atoms with Crippen molar-refractivity contribution in [3.8, 4) is 0 Å². The number of carbonyl (C=O) groups is 2. The Morgan fingerprint density at radius 3 is 2.55 bits per heavy atom. The second-order valence-electron chi connectivity index (χ2n) is 7.99. The largest absolute Gasteiger partial charge is 0.340 e. The standard InChI is InChI=1S/C23H26ClN3O2/c24-20-8-5-17(6-9-20)13-18-7-10-21(25-14-18)19-3-1-11-26(15-19)23(29)16-27-12-2-4-22(27)28/h5-10,14,19H,1-4,11-13,15-16H2. The number of pyridine rings is 1. The van der Waals surface area contributed by atoms with Gasteiger partial charge < -0.3 is 9.80 Å². The number of benzene rings is 1. The number of aromatic nitrogens is 1. The van der Waals surface area contributed by atoms with Gasteiger partial charge >= 0.3 is 0 Å². The predicted octanol–water partition coefficient (Wildman–Crippen LogP) is 3.65. The van der Waals surface area contributed by atoms with Crippen LogP contribution in [0.4, 0.5) is 0 Å². The Labute approximate surface area is 176 Å². The van der Waals surface area contributed by atoms with E-state index in [1.54, 1.807) is 4.90 Å². The van der Waals surface area contributed by atoms with E-state index in [0.717, 1.165) is 48.5 Å². The summed E-state index contributed by atoms with van der Waals surface area (Å²) in [5, 5.41) is 0.743. The Morgan fingerprint density at radius 1 is 1.07 bits per heavy atom. The van der Waals surface area contributed by atoms with Crippen LogP contribution < -0.4 is 0 Å². The van der Waals surface area contributed by atoms with Gasteiger partial charge in [0.2, 0.25) is 11.8 Å². The van der Waals surface area contributed by atoms with Gasteiger partial charge in [-0.05, 0) is 55.0 Å². The van der Waals surface area contributed by atoms with Crippen molar-refractivity contribution in [3.05, 3.63) is 64.4 Å². The molecule has 6 heteroatoms. The molecule has 2 amide bonds. The first-order valence-corrected chi connectivity index (χ1v) is 10.7. The highest BCUT2D eigenvalue weighted by molar-refractivity contribution is 6.30. The van der Waals surface area contributed by atoms with Crippen LogP contribution in [-0.2, 0) is 16.0 Å². The molecule has 1 unspecified atom stereocenters. The molecule has 0 radical (unpaired) electrons. The summed E-state index contributed by atoms with van der Waals surface area (Å²) < 4.78 is 0. The van der Waals surface area contributed by atoms with Crippen molar-refractivity contribution in [1.82, 2.24) is 14.8 Å². The van der Waals surface area contributed by atoms with E-state index < -0.39 is 0 Å². The van der Waals surface area contributed by atoms with E-state index in [0.29, 0.717) is 19.5 Å². The summed E-state index contributed by atoms with van der Waals surface area (Å²) in [7, 11) is 0. The van der Waals surface area contributed by atoms with Gasteiger partial charge in [-0.2, -0.15) is 0 Å². The van der Waals surface area contributed by atoms with Crippen molar-refractivity contribution < 1.29 is 9.59 Å². The third-order valence-electron chi connectivity index (χ3n) is 5.86. The van der Waals surface area contributed by atoms with E-state index in [-0.39, 0.29) is 24.3 Å². The zero-order valence-corrected chi connectivity index (χ0v) is 17.3. The van der Waals surface area contributed by atoms with Gasteiger partial charge in [-0.15, -0.1) is 0 Å². The molecular formula is C23H26ClN3O2. The third kappa shape index (κ3) is 4.96. The second-order valence-corrected chi connectivity index (χ2v) is 8.43. The van der Waals surface area contributed by atoms with Crippen LogP contribution in [0.25, 0.3) is 0 Å². The summed E-state index contributed by atoms with van der Waals surface area (Å²) in [6, 6.07) is 12.1. The number of hydrogen-bond donors (Lipinski definition) is 0. The van der Waals surface area contributed by atoms with Crippen LogP contribution in [-0.4, -0.2) is 52.8 Å². The predicted molar refractivity (Wildman–Crippen MR) is 113 cm³/mol. The van der Waals surface area contributed by atoms with E-state index in [1.807, 2.05) is 35.4 Å². The van der Waals surface area contributed by atoms with Crippen LogP contribution in [0.15, 0.2) is 42.6 Å². The first-order valence-electron chi connectivity index (χ1n) is 10.3. The minimum Gasteiger partial charge on any atom is -0.340 e. The maximum atomic E-state index is 12.7. The number of rotatable bonds is 5. The minimum atomic E-state index is 0.0595. The molecule has 2 saturated heterocycles. The van der Waals surface area contributed by atoms with E-state index >= 15 is 0 Å². The Bertz CT molecular complexity index is 867. The summed E-state index contributed by atoms with van der Waals surface area (Å²) >= 11 is 5.95. The highest BCUT2D eigenvalue weighted by atomic mass is 35.5. The van der Waals surface area contributed by atoms with Crippen molar-refractivity contribution in [3.63, 3.8) is 0 Å². The third-order valence-corrected chi connectivity index (χ3v) is 6.11. The van der Waals surface area contributed by atoms with Crippen molar-refractivity contribution in [1.29, 1.82) is 0 Å². The lowest BCUT2D eigenvalue weighted by Crippen LogP contribution is -2.45. The van der Waals surface area contributed by atoms with E-state index in [4.69, 9.17) is 16.6 Å². The average Bonchev–Trinajstić information content (AvgIpc) is 3.15. The summed E-state index contributed by atoms with van der Waals surface area (Å²) in [4.78, 5) is 32.7. The fourth-order valence-electron chi connectivity index (χ4n) is 4.20. The lowest BCUT2D eigenvalue weighted by molar-refractivity contribution is -0.139. The number of carbonyl (C=O) groups excluding carboxylic acids is 2. The molecule has 0 spiro atoms. The summed E-state index contributed by atoms with van der Waals surface area (Å²) in [6.07, 6.45) is 6.20. The van der Waals surface area contributed by atoms with Gasteiger partial charge in [-0.1, -0.05) is 29.8 Å². The molecule has 29 heavy (non-hydrogen) atoms. The number of halogens is 1. The molecule has 0 aliphatic carbocycles. The Balaban J connectivity index is 1.35. The molecule has 2 aliphatic rings. The fourth-order valence-corrected chi connectivity index (χ4v) is 4.33. The summed E-state index contributed by atoms with van der Waals surface area (Å²) in [6.45, 7) is 2.38. The lowest BCUT2D eigenvalue weighted by Gasteiger charge is -2.33. The molecule has 2 aliphatic heterocycles. The van der Waals surface area contributed by atoms with Crippen molar-refractivity contribution in [2.75, 3.05) is 26.2 Å². The second kappa shape index (κ2) is 8.95. The zero-order chi connectivity index (χ0) is 20.2. The lowest BCUT2D eigenvalue weighted by atomic mass is 9.93. The molecule has 5 nitrogen and oxygen atoms in total. The maximum Gasteiger partial charge on any atom is 0.242 e. The molecule has 0 bridgehead atoms. The first-order chi connectivity index (χ1) is 14.1. The molecule has 2 aromatic rings. The van der Waals surface area contributed by atoms with Gasteiger partial charge in [0.1, 0.15) is 0 Å². The Hall–Kier alpha value is -2.40. The fraction of sp³-hybridized carbons (Fsp3) is 0.435. The maximum absolute atomic E-state index is 12.7. The normalized spacial score (nSPS) is 19.6. The van der Waals surface area contributed by atoms with E-state index in [2.05, 4.69) is 12.1 Å². The van der Waals surface area contributed by atoms with Gasteiger partial charge in [0, 0.05) is 48.9 Å². The smallest absolute Gasteiger partial charge is 0.242 e. The van der Waals surface area contributed by atoms with Crippen molar-refractivity contribution >= 4 is 23.4 Å². The molecule has 0 N–H and O–H groups in total. The average molecular weight is 412 g/mol. The molecule has 0 saturated carbocycles. The van der Waals surface area contributed by atoms with Crippen LogP contribution in [0.2, 0.25) is 5.02 Å². The van der Waals surface area contributed by atoms with Crippen molar-refractivity contribution in [2.24, 2.45) is 0 Å². The molecule has 2 fully saturated rings. The van der Waals surface area contributed by atoms with Crippen LogP contribution in [0.5, 0.6) is 0 Å². The quantitative estimate of drug-likeness (QED) is 0.754. The Kier molecular flexibility index (Phi) is 6.14. The SMILES string of the molecule is O=C1CCCN1CC(=O)N1CCCC(c2ccc(Cc3ccc(Cl)cc3)cn2)C1. The number of amides is 2. The molecule has 3 heterocycles. The number of nitrogens with zero attached hydrogens (tertiary/aromatic N) is 3. The topological polar surface area (TPSA) is 53.5 Å². The zero-order valence-electron chi connectivity index (χ0n) is 16.5. The first kappa shape index (κ1) is 19.9. The van der Waals surface area contributed by atoms with Gasteiger partial charge in [0.15, 0.2) is 0 Å². The van der Waals surface area contributed by atoms with Crippen molar-refractivity contribution in [2.45, 2.75) is 38.0 Å². The Morgan fingerprint density at radius 2 is 1.86 bits per heavy atom. The van der Waals surface area contributed by atoms with E-state index in [1.165, 1.54) is 5.56 Å². The molecule has 1 aromatic carbocycles. The minimum absolute atomic E-state index is 0.0595. The number of piperidine rings is 1. The monoisotopic (exact) mass is 411 g/mol. The van der Waals surface area contributed by atoms with Crippen LogP contribution >= 0.6 is 11.6 Å². The molecule has 4 rings (SSSR count). The van der Waals surface area contributed by atoms with Gasteiger partial charge in [-0.3, -0.25) is 14.6 Å². The molecule has 1 atom stereocenters. The molecular weight excluding hydrogens is 386 g/mol. The van der Waals surface area contributed by atoms with Crippen LogP contribution in [0.3, 0.4) is 0 Å². The van der Waals surface area contributed by atoms with Crippen LogP contribution in [0, 0.1) is 0 Å².